The summed E-state index contributed by atoms with van der Waals surface area (Å²) in [5.41, 5.74) is 7.45. The maximum Gasteiger partial charge on any atom is 0.0270 e. The number of rotatable bonds is 10. The molecule has 0 saturated carbocycles. The zero-order valence-corrected chi connectivity index (χ0v) is 11.8. The van der Waals surface area contributed by atoms with E-state index in [0.717, 1.165) is 12.8 Å². The van der Waals surface area contributed by atoms with Gasteiger partial charge in [0.25, 0.3) is 0 Å². The van der Waals surface area contributed by atoms with E-state index in [-0.39, 0.29) is 0 Å². The number of pyridine rings is 1. The number of unbranched alkanes of at least 4 members (excludes halogenated alkanes) is 6. The molecule has 0 aliphatic heterocycles. The molecular formula is C16H28N2. The van der Waals surface area contributed by atoms with Gasteiger partial charge in [0.2, 0.25) is 0 Å². The van der Waals surface area contributed by atoms with Crippen molar-refractivity contribution in [2.45, 2.75) is 70.8 Å². The van der Waals surface area contributed by atoms with Gasteiger partial charge in [0, 0.05) is 18.4 Å². The van der Waals surface area contributed by atoms with E-state index >= 15 is 0 Å². The van der Waals surface area contributed by atoms with Crippen LogP contribution in [0, 0.1) is 0 Å². The topological polar surface area (TPSA) is 38.9 Å². The lowest BCUT2D eigenvalue weighted by atomic mass is 10.0. The van der Waals surface area contributed by atoms with Gasteiger partial charge in [-0.3, -0.25) is 4.98 Å². The molecule has 0 radical (unpaired) electrons. The minimum Gasteiger partial charge on any atom is -0.327 e. The summed E-state index contributed by atoms with van der Waals surface area (Å²) in [6, 6.07) is 4.43. The van der Waals surface area contributed by atoms with E-state index in [2.05, 4.69) is 24.0 Å². The monoisotopic (exact) mass is 248 g/mol. The third-order valence-corrected chi connectivity index (χ3v) is 3.43. The molecule has 0 saturated heterocycles. The summed E-state index contributed by atoms with van der Waals surface area (Å²) in [4.78, 5) is 4.02. The molecule has 0 aromatic carbocycles. The molecule has 0 aliphatic rings. The lowest BCUT2D eigenvalue weighted by molar-refractivity contribution is 0.528. The van der Waals surface area contributed by atoms with Crippen LogP contribution in [0.3, 0.4) is 0 Å². The average Bonchev–Trinajstić information content (AvgIpc) is 2.39. The summed E-state index contributed by atoms with van der Waals surface area (Å²) in [6.45, 7) is 2.26. The molecule has 102 valence electrons. The predicted molar refractivity (Wildman–Crippen MR) is 78.5 cm³/mol. The lowest BCUT2D eigenvalue weighted by Gasteiger charge is -2.11. The Balaban J connectivity index is 1.99. The predicted octanol–water partition coefficient (Wildman–Crippen LogP) is 4.09. The SMILES string of the molecule is CCCCCCCCCC(N)Cc1ccncc1. The first kappa shape index (κ1) is 15.2. The second-order valence-corrected chi connectivity index (χ2v) is 5.23. The molecule has 1 unspecified atom stereocenters. The van der Waals surface area contributed by atoms with Gasteiger partial charge < -0.3 is 5.73 Å². The maximum atomic E-state index is 6.15. The van der Waals surface area contributed by atoms with E-state index in [9.17, 15) is 0 Å². The number of hydrogen-bond acceptors (Lipinski definition) is 2. The van der Waals surface area contributed by atoms with Gasteiger partial charge in [0.15, 0.2) is 0 Å². The highest BCUT2D eigenvalue weighted by atomic mass is 14.6. The Hall–Kier alpha value is -0.890. The van der Waals surface area contributed by atoms with Gasteiger partial charge in [-0.05, 0) is 30.5 Å². The maximum absolute atomic E-state index is 6.15. The smallest absolute Gasteiger partial charge is 0.0270 e. The zero-order chi connectivity index (χ0) is 13.1. The minimum absolute atomic E-state index is 0.308. The van der Waals surface area contributed by atoms with Crippen molar-refractivity contribution in [2.75, 3.05) is 0 Å². The van der Waals surface area contributed by atoms with Crippen molar-refractivity contribution >= 4 is 0 Å². The van der Waals surface area contributed by atoms with Gasteiger partial charge in [-0.25, -0.2) is 0 Å². The first-order valence-electron chi connectivity index (χ1n) is 7.47. The minimum atomic E-state index is 0.308. The second-order valence-electron chi connectivity index (χ2n) is 5.23. The molecule has 2 nitrogen and oxygen atoms in total. The van der Waals surface area contributed by atoms with Gasteiger partial charge in [-0.15, -0.1) is 0 Å². The van der Waals surface area contributed by atoms with E-state index in [0.29, 0.717) is 6.04 Å². The van der Waals surface area contributed by atoms with Crippen molar-refractivity contribution in [1.82, 2.24) is 4.98 Å². The molecule has 2 N–H and O–H groups in total. The van der Waals surface area contributed by atoms with Crippen LogP contribution in [0.15, 0.2) is 24.5 Å². The number of nitrogens with zero attached hydrogens (tertiary/aromatic N) is 1. The molecule has 0 amide bonds. The summed E-state index contributed by atoms with van der Waals surface area (Å²) in [6.07, 6.45) is 15.3. The quantitative estimate of drug-likeness (QED) is 0.633. The fraction of sp³-hybridized carbons (Fsp3) is 0.688. The Morgan fingerprint density at radius 3 is 2.28 bits per heavy atom. The Morgan fingerprint density at radius 2 is 1.61 bits per heavy atom. The van der Waals surface area contributed by atoms with E-state index in [1.165, 1.54) is 50.5 Å². The number of hydrogen-bond donors (Lipinski definition) is 1. The van der Waals surface area contributed by atoms with Crippen LogP contribution in [-0.2, 0) is 6.42 Å². The third kappa shape index (κ3) is 7.44. The highest BCUT2D eigenvalue weighted by molar-refractivity contribution is 5.10. The van der Waals surface area contributed by atoms with Crippen molar-refractivity contribution in [1.29, 1.82) is 0 Å². The summed E-state index contributed by atoms with van der Waals surface area (Å²) in [7, 11) is 0. The fourth-order valence-electron chi connectivity index (χ4n) is 2.29. The van der Waals surface area contributed by atoms with Gasteiger partial charge >= 0.3 is 0 Å². The van der Waals surface area contributed by atoms with E-state index in [1.54, 1.807) is 0 Å². The van der Waals surface area contributed by atoms with E-state index in [4.69, 9.17) is 5.73 Å². The fourth-order valence-corrected chi connectivity index (χ4v) is 2.29. The molecule has 1 aromatic heterocycles. The van der Waals surface area contributed by atoms with Crippen molar-refractivity contribution in [3.63, 3.8) is 0 Å². The lowest BCUT2D eigenvalue weighted by Crippen LogP contribution is -2.22. The largest absolute Gasteiger partial charge is 0.327 e. The van der Waals surface area contributed by atoms with E-state index < -0.39 is 0 Å². The first-order chi connectivity index (χ1) is 8.83. The number of nitrogens with two attached hydrogens (primary N) is 1. The average molecular weight is 248 g/mol. The van der Waals surface area contributed by atoms with Crippen molar-refractivity contribution < 1.29 is 0 Å². The number of aromatic nitrogens is 1. The van der Waals surface area contributed by atoms with Crippen molar-refractivity contribution in [2.24, 2.45) is 5.73 Å². The first-order valence-corrected chi connectivity index (χ1v) is 7.47. The van der Waals surface area contributed by atoms with Crippen LogP contribution in [0.1, 0.15) is 63.9 Å². The van der Waals surface area contributed by atoms with Crippen LogP contribution in [-0.4, -0.2) is 11.0 Å². The van der Waals surface area contributed by atoms with Crippen molar-refractivity contribution in [3.8, 4) is 0 Å². The van der Waals surface area contributed by atoms with Crippen molar-refractivity contribution in [3.05, 3.63) is 30.1 Å². The summed E-state index contributed by atoms with van der Waals surface area (Å²) in [5, 5.41) is 0. The summed E-state index contributed by atoms with van der Waals surface area (Å²) in [5.74, 6) is 0. The summed E-state index contributed by atoms with van der Waals surface area (Å²) < 4.78 is 0. The van der Waals surface area contributed by atoms with Crippen LogP contribution in [0.4, 0.5) is 0 Å². The normalized spacial score (nSPS) is 12.6. The van der Waals surface area contributed by atoms with Gasteiger partial charge in [-0.2, -0.15) is 0 Å². The molecule has 18 heavy (non-hydrogen) atoms. The van der Waals surface area contributed by atoms with Crippen LogP contribution >= 0.6 is 0 Å². The molecule has 1 aromatic rings. The molecule has 0 fully saturated rings. The Labute approximate surface area is 112 Å². The Bertz CT molecular complexity index is 284. The van der Waals surface area contributed by atoms with E-state index in [1.807, 2.05) is 12.4 Å². The highest BCUT2D eigenvalue weighted by Gasteiger charge is 2.03. The van der Waals surface area contributed by atoms with Gasteiger partial charge in [-0.1, -0.05) is 51.9 Å². The van der Waals surface area contributed by atoms with Gasteiger partial charge in [0.1, 0.15) is 0 Å². The molecule has 1 rings (SSSR count). The van der Waals surface area contributed by atoms with Crippen LogP contribution < -0.4 is 5.73 Å². The summed E-state index contributed by atoms with van der Waals surface area (Å²) >= 11 is 0. The third-order valence-electron chi connectivity index (χ3n) is 3.43. The Morgan fingerprint density at radius 1 is 1.00 bits per heavy atom. The van der Waals surface area contributed by atoms with Gasteiger partial charge in [0.05, 0.1) is 0 Å². The highest BCUT2D eigenvalue weighted by Crippen LogP contribution is 2.11. The van der Waals surface area contributed by atoms with Crippen LogP contribution in [0.5, 0.6) is 0 Å². The Kier molecular flexibility index (Phi) is 8.49. The standard InChI is InChI=1S/C16H28N2/c1-2-3-4-5-6-7-8-9-16(17)14-15-10-12-18-13-11-15/h10-13,16H,2-9,14,17H2,1H3. The second kappa shape index (κ2) is 10.1. The van der Waals surface area contributed by atoms with Crippen LogP contribution in [0.2, 0.25) is 0 Å². The zero-order valence-electron chi connectivity index (χ0n) is 11.8. The molecule has 2 heteroatoms. The molecule has 1 heterocycles. The molecule has 0 aliphatic carbocycles. The molecule has 0 bridgehead atoms. The molecule has 1 atom stereocenters. The molecular weight excluding hydrogens is 220 g/mol. The van der Waals surface area contributed by atoms with Crippen LogP contribution in [0.25, 0.3) is 0 Å². The molecule has 0 spiro atoms.